The summed E-state index contributed by atoms with van der Waals surface area (Å²) in [5.41, 5.74) is 3.02. The largest absolute Gasteiger partial charge is 0.496 e. The summed E-state index contributed by atoms with van der Waals surface area (Å²) >= 11 is 6.20. The van der Waals surface area contributed by atoms with Gasteiger partial charge in [0.05, 0.1) is 30.5 Å². The minimum atomic E-state index is -0.315. The van der Waals surface area contributed by atoms with Crippen molar-refractivity contribution in [3.05, 3.63) is 89.6 Å². The van der Waals surface area contributed by atoms with Crippen molar-refractivity contribution in [1.82, 2.24) is 9.78 Å². The summed E-state index contributed by atoms with van der Waals surface area (Å²) in [5, 5.41) is 7.99. The summed E-state index contributed by atoms with van der Waals surface area (Å²) in [6, 6.07) is 22.1. The molecule has 1 heterocycles. The molecular weight excluding hydrogens is 414 g/mol. The Kier molecular flexibility index (Phi) is 5.91. The molecule has 3 aromatic carbocycles. The number of para-hydroxylation sites is 2. The molecule has 156 valence electrons. The number of nitrogens with zero attached hydrogens (tertiary/aromatic N) is 2. The van der Waals surface area contributed by atoms with Gasteiger partial charge in [-0.05, 0) is 42.5 Å². The first-order chi connectivity index (χ1) is 15.1. The molecular formula is C24H20ClN3O3. The summed E-state index contributed by atoms with van der Waals surface area (Å²) < 4.78 is 12.3. The summed E-state index contributed by atoms with van der Waals surface area (Å²) in [6.45, 7) is 0. The van der Waals surface area contributed by atoms with Gasteiger partial charge in [0.1, 0.15) is 17.2 Å². The van der Waals surface area contributed by atoms with Crippen LogP contribution in [-0.4, -0.2) is 29.9 Å². The van der Waals surface area contributed by atoms with Crippen molar-refractivity contribution >= 4 is 23.2 Å². The maximum atomic E-state index is 13.2. The molecule has 0 aliphatic rings. The fourth-order valence-corrected chi connectivity index (χ4v) is 3.49. The summed E-state index contributed by atoms with van der Waals surface area (Å²) in [4.78, 5) is 13.2. The molecule has 1 amide bonds. The third kappa shape index (κ3) is 4.25. The van der Waals surface area contributed by atoms with Gasteiger partial charge in [0.2, 0.25) is 0 Å². The highest BCUT2D eigenvalue weighted by Gasteiger charge is 2.21. The number of hydrogen-bond donors (Lipinski definition) is 1. The Bertz CT molecular complexity index is 1220. The second kappa shape index (κ2) is 8.93. The van der Waals surface area contributed by atoms with Gasteiger partial charge in [-0.2, -0.15) is 5.10 Å². The number of anilines is 1. The molecule has 0 radical (unpaired) electrons. The first-order valence-corrected chi connectivity index (χ1v) is 9.92. The maximum Gasteiger partial charge on any atom is 0.259 e. The van der Waals surface area contributed by atoms with Crippen molar-refractivity contribution in [3.63, 3.8) is 0 Å². The predicted octanol–water partition coefficient (Wildman–Crippen LogP) is 5.46. The average molecular weight is 434 g/mol. The molecule has 0 bridgehead atoms. The molecule has 1 aromatic heterocycles. The third-order valence-electron chi connectivity index (χ3n) is 4.75. The molecule has 6 nitrogen and oxygen atoms in total. The third-order valence-corrected chi connectivity index (χ3v) is 5.05. The van der Waals surface area contributed by atoms with E-state index in [1.165, 1.54) is 7.11 Å². The zero-order chi connectivity index (χ0) is 21.8. The highest BCUT2D eigenvalue weighted by atomic mass is 35.5. The maximum absolute atomic E-state index is 13.2. The van der Waals surface area contributed by atoms with Crippen LogP contribution in [0, 0.1) is 0 Å². The molecule has 0 aliphatic carbocycles. The number of hydrogen-bond acceptors (Lipinski definition) is 4. The Morgan fingerprint density at radius 2 is 1.65 bits per heavy atom. The molecule has 0 unspecified atom stereocenters. The van der Waals surface area contributed by atoms with Crippen molar-refractivity contribution in [1.29, 1.82) is 0 Å². The Morgan fingerprint density at radius 3 is 2.35 bits per heavy atom. The number of nitrogens with one attached hydrogen (secondary N) is 1. The van der Waals surface area contributed by atoms with Crippen LogP contribution in [0.15, 0.2) is 79.0 Å². The Balaban J connectivity index is 1.77. The minimum Gasteiger partial charge on any atom is -0.496 e. The fourth-order valence-electron chi connectivity index (χ4n) is 3.23. The number of rotatable bonds is 6. The number of carbonyl (C=O) groups is 1. The number of ether oxygens (including phenoxy) is 2. The van der Waals surface area contributed by atoms with Crippen molar-refractivity contribution in [2.24, 2.45) is 0 Å². The lowest BCUT2D eigenvalue weighted by Crippen LogP contribution is -2.12. The van der Waals surface area contributed by atoms with Crippen LogP contribution in [-0.2, 0) is 0 Å². The van der Waals surface area contributed by atoms with Gasteiger partial charge in [0.25, 0.3) is 5.91 Å². The molecule has 31 heavy (non-hydrogen) atoms. The molecule has 0 spiro atoms. The second-order valence-corrected chi connectivity index (χ2v) is 7.08. The van der Waals surface area contributed by atoms with Gasteiger partial charge in [-0.25, -0.2) is 4.68 Å². The number of methoxy groups -OCH3 is 2. The first kappa shape index (κ1) is 20.5. The Morgan fingerprint density at radius 1 is 0.935 bits per heavy atom. The van der Waals surface area contributed by atoms with Gasteiger partial charge >= 0.3 is 0 Å². The predicted molar refractivity (Wildman–Crippen MR) is 122 cm³/mol. The van der Waals surface area contributed by atoms with Crippen molar-refractivity contribution in [3.8, 4) is 28.4 Å². The number of carbonyl (C=O) groups excluding carboxylic acids is 1. The lowest BCUT2D eigenvalue weighted by atomic mass is 10.1. The van der Waals surface area contributed by atoms with E-state index in [1.807, 2.05) is 54.6 Å². The average Bonchev–Trinajstić information content (AvgIpc) is 3.25. The molecule has 4 rings (SSSR count). The zero-order valence-corrected chi connectivity index (χ0v) is 17.8. The van der Waals surface area contributed by atoms with Gasteiger partial charge < -0.3 is 14.8 Å². The van der Waals surface area contributed by atoms with E-state index in [1.54, 1.807) is 36.2 Å². The van der Waals surface area contributed by atoms with Gasteiger partial charge in [0, 0.05) is 17.4 Å². The number of aromatic nitrogens is 2. The van der Waals surface area contributed by atoms with Crippen LogP contribution in [0.25, 0.3) is 16.9 Å². The molecule has 0 saturated heterocycles. The molecule has 0 saturated carbocycles. The van der Waals surface area contributed by atoms with Gasteiger partial charge in [-0.15, -0.1) is 0 Å². The molecule has 0 aliphatic heterocycles. The van der Waals surface area contributed by atoms with Gasteiger partial charge in [0.15, 0.2) is 0 Å². The van der Waals surface area contributed by atoms with Gasteiger partial charge in [-0.1, -0.05) is 41.9 Å². The molecule has 0 atom stereocenters. The van der Waals surface area contributed by atoms with Crippen molar-refractivity contribution in [2.75, 3.05) is 19.5 Å². The molecule has 0 fully saturated rings. The number of amides is 1. The van der Waals surface area contributed by atoms with E-state index in [0.29, 0.717) is 33.5 Å². The highest BCUT2D eigenvalue weighted by molar-refractivity contribution is 6.32. The van der Waals surface area contributed by atoms with Crippen molar-refractivity contribution < 1.29 is 14.3 Å². The smallest absolute Gasteiger partial charge is 0.259 e. The summed E-state index contributed by atoms with van der Waals surface area (Å²) in [6.07, 6.45) is 1.71. The van der Waals surface area contributed by atoms with E-state index in [0.717, 1.165) is 11.3 Å². The number of halogens is 1. The quantitative estimate of drug-likeness (QED) is 0.438. The molecule has 1 N–H and O–H groups in total. The van der Waals surface area contributed by atoms with E-state index >= 15 is 0 Å². The van der Waals surface area contributed by atoms with Crippen molar-refractivity contribution in [2.45, 2.75) is 0 Å². The summed E-state index contributed by atoms with van der Waals surface area (Å²) in [5.74, 6) is 0.845. The van der Waals surface area contributed by atoms with Crippen LogP contribution < -0.4 is 14.8 Å². The van der Waals surface area contributed by atoms with Crippen LogP contribution in [0.5, 0.6) is 11.5 Å². The lowest BCUT2D eigenvalue weighted by Gasteiger charge is -2.09. The van der Waals surface area contributed by atoms with Crippen LogP contribution >= 0.6 is 11.6 Å². The standard InChI is InChI=1S/C24H20ClN3O3/c1-30-21-11-7-6-10-18(21)23-19(15-28(27-23)17-8-4-3-5-9-17)24(29)26-16-12-13-22(31-2)20(25)14-16/h3-15H,1-2H3,(H,26,29). The Labute approximate surface area is 185 Å². The second-order valence-electron chi connectivity index (χ2n) is 6.68. The van der Waals surface area contributed by atoms with Crippen LogP contribution in [0.1, 0.15) is 10.4 Å². The van der Waals surface area contributed by atoms with Crippen LogP contribution in [0.3, 0.4) is 0 Å². The van der Waals surface area contributed by atoms with E-state index < -0.39 is 0 Å². The summed E-state index contributed by atoms with van der Waals surface area (Å²) in [7, 11) is 3.13. The van der Waals surface area contributed by atoms with Gasteiger partial charge in [-0.3, -0.25) is 4.79 Å². The Hall–Kier alpha value is -3.77. The normalized spacial score (nSPS) is 10.5. The van der Waals surface area contributed by atoms with E-state index in [4.69, 9.17) is 26.2 Å². The first-order valence-electron chi connectivity index (χ1n) is 9.54. The molecule has 4 aromatic rings. The minimum absolute atomic E-state index is 0.315. The monoisotopic (exact) mass is 433 g/mol. The molecule has 7 heteroatoms. The SMILES string of the molecule is COc1ccc(NC(=O)c2cn(-c3ccccc3)nc2-c2ccccc2OC)cc1Cl. The highest BCUT2D eigenvalue weighted by Crippen LogP contribution is 2.33. The van der Waals surface area contributed by atoms with E-state index in [-0.39, 0.29) is 5.91 Å². The topological polar surface area (TPSA) is 65.4 Å². The fraction of sp³-hybridized carbons (Fsp3) is 0.0833. The van der Waals surface area contributed by atoms with E-state index in [9.17, 15) is 4.79 Å². The van der Waals surface area contributed by atoms with Crippen LogP contribution in [0.4, 0.5) is 5.69 Å². The van der Waals surface area contributed by atoms with E-state index in [2.05, 4.69) is 5.32 Å². The lowest BCUT2D eigenvalue weighted by molar-refractivity contribution is 0.102. The van der Waals surface area contributed by atoms with Crippen LogP contribution in [0.2, 0.25) is 5.02 Å². The number of benzene rings is 3. The zero-order valence-electron chi connectivity index (χ0n) is 17.0.